The van der Waals surface area contributed by atoms with Gasteiger partial charge in [0.1, 0.15) is 5.75 Å². The average molecular weight is 294 g/mol. The summed E-state index contributed by atoms with van der Waals surface area (Å²) >= 11 is 0. The highest BCUT2D eigenvalue weighted by atomic mass is 16.5. The first kappa shape index (κ1) is 14.3. The Morgan fingerprint density at radius 1 is 1.00 bits per heavy atom. The van der Waals surface area contributed by atoms with E-state index in [1.54, 1.807) is 20.4 Å². The summed E-state index contributed by atoms with van der Waals surface area (Å²) in [5, 5.41) is 2.28. The molecule has 0 fully saturated rings. The fourth-order valence-corrected chi connectivity index (χ4v) is 2.51. The summed E-state index contributed by atoms with van der Waals surface area (Å²) in [5.41, 5.74) is 2.96. The third kappa shape index (κ3) is 2.60. The third-order valence-electron chi connectivity index (χ3n) is 3.69. The number of fused-ring (bicyclic) bond motifs is 1. The van der Waals surface area contributed by atoms with E-state index in [1.165, 1.54) is 0 Å². The largest absolute Gasteiger partial charge is 0.497 e. The van der Waals surface area contributed by atoms with Gasteiger partial charge >= 0.3 is 0 Å². The lowest BCUT2D eigenvalue weighted by Crippen LogP contribution is -1.95. The summed E-state index contributed by atoms with van der Waals surface area (Å²) in [6.07, 6.45) is 2.66. The second-order valence-corrected chi connectivity index (χ2v) is 4.98. The third-order valence-corrected chi connectivity index (χ3v) is 3.69. The molecule has 112 valence electrons. The molecule has 22 heavy (non-hydrogen) atoms. The molecule has 0 atom stereocenters. The maximum atomic E-state index is 5.32. The molecule has 0 N–H and O–H groups in total. The zero-order valence-corrected chi connectivity index (χ0v) is 13.0. The van der Waals surface area contributed by atoms with Crippen molar-refractivity contribution in [1.29, 1.82) is 0 Å². The number of hydrogen-bond acceptors (Lipinski definition) is 4. The van der Waals surface area contributed by atoms with E-state index in [1.807, 2.05) is 24.3 Å². The quantitative estimate of drug-likeness (QED) is 0.732. The number of aryl methyl sites for hydroxylation is 1. The molecule has 0 bridgehead atoms. The monoisotopic (exact) mass is 294 g/mol. The second-order valence-electron chi connectivity index (χ2n) is 4.98. The highest BCUT2D eigenvalue weighted by Gasteiger charge is 2.08. The Balaban J connectivity index is 2.16. The number of pyridine rings is 2. The molecule has 0 saturated carbocycles. The molecule has 0 aliphatic rings. The van der Waals surface area contributed by atoms with Gasteiger partial charge in [-0.25, -0.2) is 4.98 Å². The van der Waals surface area contributed by atoms with E-state index in [2.05, 4.69) is 24.0 Å². The number of aromatic nitrogens is 2. The molecular formula is C18H18N2O2. The number of hydrogen-bond donors (Lipinski definition) is 0. The fraction of sp³-hybridized carbons (Fsp3) is 0.222. The van der Waals surface area contributed by atoms with Crippen LogP contribution in [0.25, 0.3) is 22.0 Å². The lowest BCUT2D eigenvalue weighted by molar-refractivity contribution is 0.398. The predicted molar refractivity (Wildman–Crippen MR) is 87.5 cm³/mol. The SMILES string of the molecule is CCc1nc(-c2ccc(OC)nc2)cc2cc(OC)ccc12. The van der Waals surface area contributed by atoms with Crippen LogP contribution in [0.1, 0.15) is 12.6 Å². The molecule has 2 heterocycles. The van der Waals surface area contributed by atoms with Crippen molar-refractivity contribution >= 4 is 10.8 Å². The highest BCUT2D eigenvalue weighted by molar-refractivity contribution is 5.89. The van der Waals surface area contributed by atoms with E-state index in [-0.39, 0.29) is 0 Å². The zero-order chi connectivity index (χ0) is 15.5. The van der Waals surface area contributed by atoms with Crippen LogP contribution in [0.15, 0.2) is 42.6 Å². The predicted octanol–water partition coefficient (Wildman–Crippen LogP) is 3.88. The molecule has 0 unspecified atom stereocenters. The Hall–Kier alpha value is -2.62. The van der Waals surface area contributed by atoms with Crippen LogP contribution in [0.4, 0.5) is 0 Å². The highest BCUT2D eigenvalue weighted by Crippen LogP contribution is 2.28. The molecule has 2 aromatic heterocycles. The van der Waals surface area contributed by atoms with E-state index in [0.717, 1.165) is 39.9 Å². The summed E-state index contributed by atoms with van der Waals surface area (Å²) in [6.45, 7) is 2.11. The minimum atomic E-state index is 0.599. The molecular weight excluding hydrogens is 276 g/mol. The van der Waals surface area contributed by atoms with Crippen molar-refractivity contribution in [2.24, 2.45) is 0 Å². The standard InChI is InChI=1S/C18H18N2O2/c1-4-16-15-7-6-14(21-2)9-13(15)10-17(20-16)12-5-8-18(22-3)19-11-12/h5-11H,4H2,1-3H3. The van der Waals surface area contributed by atoms with Gasteiger partial charge in [0.2, 0.25) is 5.88 Å². The minimum Gasteiger partial charge on any atom is -0.497 e. The summed E-state index contributed by atoms with van der Waals surface area (Å²) in [6, 6.07) is 12.0. The number of benzene rings is 1. The molecule has 3 aromatic rings. The van der Waals surface area contributed by atoms with E-state index in [9.17, 15) is 0 Å². The zero-order valence-electron chi connectivity index (χ0n) is 13.0. The molecule has 1 aromatic carbocycles. The Labute approximate surface area is 129 Å². The van der Waals surface area contributed by atoms with Gasteiger partial charge in [0, 0.05) is 28.9 Å². The average Bonchev–Trinajstić information content (AvgIpc) is 2.60. The minimum absolute atomic E-state index is 0.599. The first-order valence-corrected chi connectivity index (χ1v) is 7.23. The summed E-state index contributed by atoms with van der Waals surface area (Å²) in [5.74, 6) is 1.45. The van der Waals surface area contributed by atoms with Crippen LogP contribution in [-0.2, 0) is 6.42 Å². The first-order valence-electron chi connectivity index (χ1n) is 7.23. The van der Waals surface area contributed by atoms with Crippen LogP contribution in [0, 0.1) is 0 Å². The van der Waals surface area contributed by atoms with E-state index >= 15 is 0 Å². The van der Waals surface area contributed by atoms with Crippen LogP contribution < -0.4 is 9.47 Å². The van der Waals surface area contributed by atoms with Crippen molar-refractivity contribution < 1.29 is 9.47 Å². The van der Waals surface area contributed by atoms with E-state index < -0.39 is 0 Å². The Bertz CT molecular complexity index is 798. The first-order chi connectivity index (χ1) is 10.7. The van der Waals surface area contributed by atoms with Crippen molar-refractivity contribution in [2.45, 2.75) is 13.3 Å². The maximum Gasteiger partial charge on any atom is 0.212 e. The Morgan fingerprint density at radius 2 is 1.86 bits per heavy atom. The summed E-state index contributed by atoms with van der Waals surface area (Å²) < 4.78 is 10.4. The molecule has 0 aliphatic carbocycles. The van der Waals surface area contributed by atoms with Gasteiger partial charge in [0.25, 0.3) is 0 Å². The van der Waals surface area contributed by atoms with E-state index in [0.29, 0.717) is 5.88 Å². The Kier molecular flexibility index (Phi) is 3.92. The van der Waals surface area contributed by atoms with Gasteiger partial charge < -0.3 is 9.47 Å². The van der Waals surface area contributed by atoms with Crippen LogP contribution in [-0.4, -0.2) is 24.2 Å². The van der Waals surface area contributed by atoms with Crippen molar-refractivity contribution in [2.75, 3.05) is 14.2 Å². The molecule has 0 amide bonds. The smallest absolute Gasteiger partial charge is 0.212 e. The number of rotatable bonds is 4. The second kappa shape index (κ2) is 6.02. The van der Waals surface area contributed by atoms with Crippen molar-refractivity contribution in [3.63, 3.8) is 0 Å². The fourth-order valence-electron chi connectivity index (χ4n) is 2.51. The molecule has 0 saturated heterocycles. The lowest BCUT2D eigenvalue weighted by Gasteiger charge is -2.10. The summed E-state index contributed by atoms with van der Waals surface area (Å²) in [4.78, 5) is 9.03. The van der Waals surface area contributed by atoms with Crippen molar-refractivity contribution in [1.82, 2.24) is 9.97 Å². The molecule has 3 rings (SSSR count). The van der Waals surface area contributed by atoms with Crippen LogP contribution in [0.2, 0.25) is 0 Å². The number of nitrogens with zero attached hydrogens (tertiary/aromatic N) is 2. The van der Waals surface area contributed by atoms with Gasteiger partial charge in [0.05, 0.1) is 19.9 Å². The van der Waals surface area contributed by atoms with E-state index in [4.69, 9.17) is 14.5 Å². The van der Waals surface area contributed by atoms with Gasteiger partial charge in [-0.3, -0.25) is 4.98 Å². The molecule has 4 heteroatoms. The van der Waals surface area contributed by atoms with Crippen molar-refractivity contribution in [3.8, 4) is 22.9 Å². The normalized spacial score (nSPS) is 10.7. The van der Waals surface area contributed by atoms with Crippen LogP contribution in [0.3, 0.4) is 0 Å². The summed E-state index contributed by atoms with van der Waals surface area (Å²) in [7, 11) is 3.29. The number of ether oxygens (including phenoxy) is 2. The van der Waals surface area contributed by atoms with Gasteiger partial charge in [-0.15, -0.1) is 0 Å². The van der Waals surface area contributed by atoms with Gasteiger partial charge in [-0.05, 0) is 42.1 Å². The topological polar surface area (TPSA) is 44.2 Å². The molecule has 0 spiro atoms. The Morgan fingerprint density at radius 3 is 2.50 bits per heavy atom. The maximum absolute atomic E-state index is 5.32. The van der Waals surface area contributed by atoms with Gasteiger partial charge in [-0.1, -0.05) is 6.92 Å². The molecule has 0 aliphatic heterocycles. The van der Waals surface area contributed by atoms with Gasteiger partial charge in [-0.2, -0.15) is 0 Å². The molecule has 4 nitrogen and oxygen atoms in total. The number of methoxy groups -OCH3 is 2. The van der Waals surface area contributed by atoms with Crippen molar-refractivity contribution in [3.05, 3.63) is 48.3 Å². The lowest BCUT2D eigenvalue weighted by atomic mass is 10.0. The van der Waals surface area contributed by atoms with Crippen LogP contribution >= 0.6 is 0 Å². The molecule has 0 radical (unpaired) electrons. The van der Waals surface area contributed by atoms with Crippen LogP contribution in [0.5, 0.6) is 11.6 Å². The van der Waals surface area contributed by atoms with Gasteiger partial charge in [0.15, 0.2) is 0 Å².